The minimum Gasteiger partial charge on any atom is -0.327 e. The minimum atomic E-state index is -0.943. The van der Waals surface area contributed by atoms with Gasteiger partial charge in [-0.05, 0) is 37.8 Å². The number of nitrogens with one attached hydrogen (secondary N) is 2. The summed E-state index contributed by atoms with van der Waals surface area (Å²) in [5.41, 5.74) is 0.306. The van der Waals surface area contributed by atoms with E-state index in [-0.39, 0.29) is 5.91 Å². The summed E-state index contributed by atoms with van der Waals surface area (Å²) in [6, 6.07) is 3.41. The van der Waals surface area contributed by atoms with Gasteiger partial charge in [-0.15, -0.1) is 0 Å². The highest BCUT2D eigenvalue weighted by Crippen LogP contribution is 2.12. The number of halogens is 2. The number of hydrogen-bond donors (Lipinski definition) is 2. The number of rotatable bonds is 3. The van der Waals surface area contributed by atoms with E-state index >= 15 is 0 Å². The molecule has 0 aromatic heterocycles. The Balaban J connectivity index is 1.85. The van der Waals surface area contributed by atoms with E-state index in [2.05, 4.69) is 5.32 Å². The van der Waals surface area contributed by atoms with Crippen LogP contribution in [0.25, 0.3) is 0 Å². The van der Waals surface area contributed by atoms with Crippen molar-refractivity contribution in [1.29, 1.82) is 0 Å². The fourth-order valence-corrected chi connectivity index (χ4v) is 2.59. The minimum absolute atomic E-state index is 0.147. The molecule has 110 valence electrons. The summed E-state index contributed by atoms with van der Waals surface area (Å²) >= 11 is 0. The first-order valence-corrected chi connectivity index (χ1v) is 7.23. The second kappa shape index (κ2) is 7.33. The van der Waals surface area contributed by atoms with Crippen LogP contribution in [0.1, 0.15) is 32.1 Å². The van der Waals surface area contributed by atoms with Gasteiger partial charge in [-0.1, -0.05) is 6.42 Å². The van der Waals surface area contributed by atoms with Crippen molar-refractivity contribution in [1.82, 2.24) is 0 Å². The SMILES string of the molecule is O=C(C[NH+]1CCCCCCC1)Nc1ccc(F)c(F)c1. The summed E-state index contributed by atoms with van der Waals surface area (Å²) in [4.78, 5) is 13.2. The summed E-state index contributed by atoms with van der Waals surface area (Å²) in [5.74, 6) is -2.00. The van der Waals surface area contributed by atoms with Crippen molar-refractivity contribution >= 4 is 11.6 Å². The van der Waals surface area contributed by atoms with E-state index in [4.69, 9.17) is 0 Å². The number of hydrogen-bond acceptors (Lipinski definition) is 1. The van der Waals surface area contributed by atoms with Gasteiger partial charge in [0.2, 0.25) is 0 Å². The molecule has 1 fully saturated rings. The molecule has 0 spiro atoms. The second-order valence-corrected chi connectivity index (χ2v) is 5.37. The Morgan fingerprint density at radius 2 is 1.70 bits per heavy atom. The first-order chi connectivity index (χ1) is 9.65. The molecule has 1 aliphatic heterocycles. The molecule has 1 amide bonds. The van der Waals surface area contributed by atoms with Gasteiger partial charge < -0.3 is 10.2 Å². The molecule has 0 bridgehead atoms. The maximum Gasteiger partial charge on any atom is 0.279 e. The highest BCUT2D eigenvalue weighted by atomic mass is 19.2. The van der Waals surface area contributed by atoms with Crippen molar-refractivity contribution in [2.45, 2.75) is 32.1 Å². The third-order valence-corrected chi connectivity index (χ3v) is 3.67. The zero-order valence-corrected chi connectivity index (χ0v) is 11.6. The van der Waals surface area contributed by atoms with Gasteiger partial charge in [0.05, 0.1) is 13.1 Å². The predicted octanol–water partition coefficient (Wildman–Crippen LogP) is 1.75. The highest BCUT2D eigenvalue weighted by Gasteiger charge is 2.16. The van der Waals surface area contributed by atoms with E-state index < -0.39 is 11.6 Å². The molecule has 2 N–H and O–H groups in total. The van der Waals surface area contributed by atoms with E-state index in [1.165, 1.54) is 30.2 Å². The molecule has 2 rings (SSSR count). The van der Waals surface area contributed by atoms with Crippen LogP contribution in [0.3, 0.4) is 0 Å². The highest BCUT2D eigenvalue weighted by molar-refractivity contribution is 5.91. The van der Waals surface area contributed by atoms with Crippen LogP contribution in [0.5, 0.6) is 0 Å². The molecule has 0 unspecified atom stereocenters. The summed E-state index contributed by atoms with van der Waals surface area (Å²) in [6.07, 6.45) is 6.04. The smallest absolute Gasteiger partial charge is 0.279 e. The van der Waals surface area contributed by atoms with Crippen molar-refractivity contribution in [3.8, 4) is 0 Å². The summed E-state index contributed by atoms with van der Waals surface area (Å²) < 4.78 is 25.9. The molecular formula is C15H21F2N2O+. The van der Waals surface area contributed by atoms with E-state index in [0.717, 1.165) is 38.1 Å². The Labute approximate surface area is 118 Å². The standard InChI is InChI=1S/C15H20F2N2O/c16-13-7-6-12(10-14(13)17)18-15(20)11-19-8-4-2-1-3-5-9-19/h6-7,10H,1-5,8-9,11H2,(H,18,20)/p+1. The maximum atomic E-state index is 13.1. The normalized spacial score (nSPS) is 17.3. The average Bonchev–Trinajstić information content (AvgIpc) is 2.37. The topological polar surface area (TPSA) is 33.5 Å². The third-order valence-electron chi connectivity index (χ3n) is 3.67. The number of benzene rings is 1. The van der Waals surface area contributed by atoms with Gasteiger partial charge in [0.25, 0.3) is 5.91 Å². The van der Waals surface area contributed by atoms with Crippen LogP contribution in [0.2, 0.25) is 0 Å². The Morgan fingerprint density at radius 3 is 2.35 bits per heavy atom. The molecule has 1 saturated heterocycles. The molecule has 1 heterocycles. The van der Waals surface area contributed by atoms with Gasteiger partial charge in [-0.2, -0.15) is 0 Å². The monoisotopic (exact) mass is 283 g/mol. The van der Waals surface area contributed by atoms with Gasteiger partial charge >= 0.3 is 0 Å². The van der Waals surface area contributed by atoms with Crippen LogP contribution >= 0.6 is 0 Å². The number of anilines is 1. The Bertz CT molecular complexity index is 457. The second-order valence-electron chi connectivity index (χ2n) is 5.37. The van der Waals surface area contributed by atoms with Gasteiger partial charge in [-0.25, -0.2) is 8.78 Å². The summed E-state index contributed by atoms with van der Waals surface area (Å²) in [5, 5.41) is 2.63. The third kappa shape index (κ3) is 4.56. The molecule has 0 atom stereocenters. The van der Waals surface area contributed by atoms with Crippen LogP contribution in [0.15, 0.2) is 18.2 Å². The van der Waals surface area contributed by atoms with Crippen molar-refractivity contribution in [2.24, 2.45) is 0 Å². The van der Waals surface area contributed by atoms with Gasteiger partial charge in [0, 0.05) is 11.8 Å². The van der Waals surface area contributed by atoms with Crippen LogP contribution in [0, 0.1) is 11.6 Å². The first kappa shape index (κ1) is 14.9. The average molecular weight is 283 g/mol. The molecule has 1 aromatic rings. The summed E-state index contributed by atoms with van der Waals surface area (Å²) in [7, 11) is 0. The zero-order valence-electron chi connectivity index (χ0n) is 11.6. The van der Waals surface area contributed by atoms with Crippen LogP contribution in [0.4, 0.5) is 14.5 Å². The fraction of sp³-hybridized carbons (Fsp3) is 0.533. The fourth-order valence-electron chi connectivity index (χ4n) is 2.59. The molecule has 3 nitrogen and oxygen atoms in total. The number of likely N-dealkylation sites (tertiary alicyclic amines) is 1. The molecule has 0 saturated carbocycles. The molecule has 0 aliphatic carbocycles. The molecule has 1 aromatic carbocycles. The predicted molar refractivity (Wildman–Crippen MR) is 73.6 cm³/mol. The molecule has 0 radical (unpaired) electrons. The van der Waals surface area contributed by atoms with Gasteiger partial charge in [0.1, 0.15) is 0 Å². The summed E-state index contributed by atoms with van der Waals surface area (Å²) in [6.45, 7) is 2.40. The lowest BCUT2D eigenvalue weighted by atomic mass is 10.1. The van der Waals surface area contributed by atoms with Gasteiger partial charge in [0.15, 0.2) is 18.2 Å². The first-order valence-electron chi connectivity index (χ1n) is 7.23. The lowest BCUT2D eigenvalue weighted by Gasteiger charge is -2.21. The maximum absolute atomic E-state index is 13.1. The lowest BCUT2D eigenvalue weighted by molar-refractivity contribution is -0.892. The molecule has 5 heteroatoms. The number of quaternary nitrogens is 1. The van der Waals surface area contributed by atoms with Crippen molar-refractivity contribution in [2.75, 3.05) is 25.0 Å². The van der Waals surface area contributed by atoms with E-state index in [1.807, 2.05) is 0 Å². The van der Waals surface area contributed by atoms with Crippen LogP contribution in [-0.4, -0.2) is 25.5 Å². The van der Waals surface area contributed by atoms with Gasteiger partial charge in [-0.3, -0.25) is 4.79 Å². The van der Waals surface area contributed by atoms with E-state index in [1.54, 1.807) is 0 Å². The van der Waals surface area contributed by atoms with Crippen molar-refractivity contribution in [3.05, 3.63) is 29.8 Å². The largest absolute Gasteiger partial charge is 0.327 e. The van der Waals surface area contributed by atoms with Crippen molar-refractivity contribution < 1.29 is 18.5 Å². The van der Waals surface area contributed by atoms with Crippen molar-refractivity contribution in [3.63, 3.8) is 0 Å². The number of carbonyl (C=O) groups excluding carboxylic acids is 1. The van der Waals surface area contributed by atoms with E-state index in [0.29, 0.717) is 12.2 Å². The zero-order chi connectivity index (χ0) is 14.4. The quantitative estimate of drug-likeness (QED) is 0.870. The Hall–Kier alpha value is -1.49. The molecular weight excluding hydrogens is 262 g/mol. The number of amides is 1. The lowest BCUT2D eigenvalue weighted by Crippen LogP contribution is -3.13. The number of carbonyl (C=O) groups is 1. The molecule has 20 heavy (non-hydrogen) atoms. The van der Waals surface area contributed by atoms with Crippen LogP contribution < -0.4 is 10.2 Å². The molecule has 1 aliphatic rings. The van der Waals surface area contributed by atoms with E-state index in [9.17, 15) is 13.6 Å². The van der Waals surface area contributed by atoms with Crippen LogP contribution in [-0.2, 0) is 4.79 Å². The Morgan fingerprint density at radius 1 is 1.05 bits per heavy atom. The Kier molecular flexibility index (Phi) is 5.47.